The van der Waals surface area contributed by atoms with E-state index in [2.05, 4.69) is 36.2 Å². The maximum absolute atomic E-state index is 10.2. The number of benzene rings is 1. The molecule has 3 rings (SSSR count). The first-order valence-electron chi connectivity index (χ1n) is 6.09. The summed E-state index contributed by atoms with van der Waals surface area (Å²) >= 11 is 0. The fourth-order valence-electron chi connectivity index (χ4n) is 3.35. The van der Waals surface area contributed by atoms with Crippen LogP contribution in [0.5, 0.6) is 0 Å². The number of aliphatic hydroxyl groups is 1. The van der Waals surface area contributed by atoms with Gasteiger partial charge in [0.05, 0.1) is 0 Å². The molecule has 3 atom stereocenters. The quantitative estimate of drug-likeness (QED) is 0.779. The molecule has 1 aromatic carbocycles. The van der Waals surface area contributed by atoms with Crippen molar-refractivity contribution in [2.24, 2.45) is 0 Å². The molecule has 2 aliphatic heterocycles. The maximum Gasteiger partial charge on any atom is 0.104 e. The average Bonchev–Trinajstić information content (AvgIpc) is 2.56. The third-order valence-corrected chi connectivity index (χ3v) is 4.24. The summed E-state index contributed by atoms with van der Waals surface area (Å²) in [5.74, 6) is 0.227. The molecule has 2 heteroatoms. The Morgan fingerprint density at radius 1 is 1.19 bits per heavy atom. The third kappa shape index (κ3) is 1.48. The lowest BCUT2D eigenvalue weighted by molar-refractivity contribution is 0.0976. The molecule has 2 heterocycles. The van der Waals surface area contributed by atoms with E-state index in [1.54, 1.807) is 0 Å². The molecule has 1 aromatic rings. The van der Waals surface area contributed by atoms with Crippen LogP contribution < -0.4 is 0 Å². The Bertz CT molecular complexity index is 364. The summed E-state index contributed by atoms with van der Waals surface area (Å²) in [6, 6.07) is 11.5. The molecule has 16 heavy (non-hydrogen) atoms. The summed E-state index contributed by atoms with van der Waals surface area (Å²) < 4.78 is 0. The Balaban J connectivity index is 1.94. The number of hydrogen-bond acceptors (Lipinski definition) is 2. The molecule has 0 aliphatic carbocycles. The number of hydrogen-bond donors (Lipinski definition) is 1. The van der Waals surface area contributed by atoms with Crippen LogP contribution in [0.25, 0.3) is 0 Å². The van der Waals surface area contributed by atoms with Crippen molar-refractivity contribution in [3.8, 4) is 0 Å². The first-order valence-corrected chi connectivity index (χ1v) is 6.09. The molecule has 0 spiro atoms. The van der Waals surface area contributed by atoms with Crippen LogP contribution in [0, 0.1) is 6.10 Å². The van der Waals surface area contributed by atoms with Crippen LogP contribution in [0.4, 0.5) is 0 Å². The van der Waals surface area contributed by atoms with Gasteiger partial charge in [0.2, 0.25) is 0 Å². The lowest BCUT2D eigenvalue weighted by atomic mass is 9.82. The lowest BCUT2D eigenvalue weighted by Gasteiger charge is -2.40. The highest BCUT2D eigenvalue weighted by Gasteiger charge is 2.45. The van der Waals surface area contributed by atoms with Gasteiger partial charge in [0.1, 0.15) is 6.10 Å². The van der Waals surface area contributed by atoms with Crippen molar-refractivity contribution in [3.05, 3.63) is 42.0 Å². The number of fused-ring (bicyclic) bond motifs is 2. The largest absolute Gasteiger partial charge is 0.386 e. The van der Waals surface area contributed by atoms with Crippen LogP contribution in [-0.2, 0) is 0 Å². The van der Waals surface area contributed by atoms with Gasteiger partial charge >= 0.3 is 0 Å². The molecule has 2 bridgehead atoms. The fourth-order valence-corrected chi connectivity index (χ4v) is 3.35. The summed E-state index contributed by atoms with van der Waals surface area (Å²) in [5, 5.41) is 10.2. The first kappa shape index (κ1) is 10.3. The third-order valence-electron chi connectivity index (χ3n) is 4.24. The Morgan fingerprint density at radius 3 is 2.69 bits per heavy atom. The predicted octanol–water partition coefficient (Wildman–Crippen LogP) is 2.54. The summed E-state index contributed by atoms with van der Waals surface area (Å²) in [4.78, 5) is 2.46. The van der Waals surface area contributed by atoms with Crippen molar-refractivity contribution < 1.29 is 5.11 Å². The molecule has 85 valence electrons. The van der Waals surface area contributed by atoms with Crippen molar-refractivity contribution in [1.29, 1.82) is 0 Å². The van der Waals surface area contributed by atoms with Crippen molar-refractivity contribution in [2.45, 2.75) is 37.3 Å². The first-order chi connectivity index (χ1) is 7.77. The number of nitrogens with zero attached hydrogens (tertiary/aromatic N) is 1. The summed E-state index contributed by atoms with van der Waals surface area (Å²) in [7, 11) is 2.20. The van der Waals surface area contributed by atoms with Crippen molar-refractivity contribution >= 4 is 0 Å². The van der Waals surface area contributed by atoms with Crippen molar-refractivity contribution in [3.63, 3.8) is 0 Å². The number of likely N-dealkylation sites (N-methyl/N-ethyl adjacent to an activating group) is 1. The Kier molecular flexibility index (Phi) is 2.49. The van der Waals surface area contributed by atoms with Crippen LogP contribution >= 0.6 is 0 Å². The van der Waals surface area contributed by atoms with Gasteiger partial charge in [0, 0.05) is 18.0 Å². The minimum Gasteiger partial charge on any atom is -0.386 e. The van der Waals surface area contributed by atoms with Gasteiger partial charge in [0.25, 0.3) is 0 Å². The minimum atomic E-state index is 0.227. The van der Waals surface area contributed by atoms with Crippen molar-refractivity contribution in [1.82, 2.24) is 4.90 Å². The second-order valence-electron chi connectivity index (χ2n) is 5.05. The molecule has 2 fully saturated rings. The molecule has 0 aromatic heterocycles. The number of piperidine rings is 1. The van der Waals surface area contributed by atoms with Gasteiger partial charge < -0.3 is 5.11 Å². The van der Waals surface area contributed by atoms with E-state index in [4.69, 9.17) is 0 Å². The highest BCUT2D eigenvalue weighted by molar-refractivity contribution is 5.29. The van der Waals surface area contributed by atoms with Crippen LogP contribution in [0.15, 0.2) is 30.3 Å². The molecule has 1 radical (unpaired) electrons. The van der Waals surface area contributed by atoms with Gasteiger partial charge in [0.15, 0.2) is 0 Å². The fraction of sp³-hybridized carbons (Fsp3) is 0.500. The minimum absolute atomic E-state index is 0.227. The average molecular weight is 216 g/mol. The van der Waals surface area contributed by atoms with Crippen LogP contribution in [0.1, 0.15) is 30.7 Å². The van der Waals surface area contributed by atoms with Gasteiger partial charge in [-0.25, -0.2) is 0 Å². The maximum atomic E-state index is 10.2. The second kappa shape index (κ2) is 3.86. The molecule has 2 aliphatic rings. The zero-order valence-corrected chi connectivity index (χ0v) is 9.63. The Morgan fingerprint density at radius 2 is 1.94 bits per heavy atom. The molecular formula is C14H18NO. The van der Waals surface area contributed by atoms with Gasteiger partial charge in [-0.15, -0.1) is 0 Å². The molecule has 0 saturated carbocycles. The Labute approximate surface area is 96.9 Å². The van der Waals surface area contributed by atoms with E-state index in [0.717, 1.165) is 6.42 Å². The lowest BCUT2D eigenvalue weighted by Crippen LogP contribution is -2.44. The molecule has 0 amide bonds. The molecule has 1 unspecified atom stereocenters. The van der Waals surface area contributed by atoms with Gasteiger partial charge in [-0.1, -0.05) is 30.3 Å². The molecule has 2 nitrogen and oxygen atoms in total. The zero-order chi connectivity index (χ0) is 11.1. The second-order valence-corrected chi connectivity index (χ2v) is 5.05. The number of rotatable bonds is 1. The topological polar surface area (TPSA) is 23.5 Å². The van der Waals surface area contributed by atoms with Crippen molar-refractivity contribution in [2.75, 3.05) is 7.05 Å². The SMILES string of the molecule is CN1[C@@H]2CC[C@H]1C(c1ccccc1)[C](O)C2. The van der Waals surface area contributed by atoms with Gasteiger partial charge in [-0.3, -0.25) is 4.90 Å². The summed E-state index contributed by atoms with van der Waals surface area (Å²) in [6.45, 7) is 0. The summed E-state index contributed by atoms with van der Waals surface area (Å²) in [5.41, 5.74) is 1.26. The monoisotopic (exact) mass is 216 g/mol. The van der Waals surface area contributed by atoms with E-state index in [9.17, 15) is 5.11 Å². The standard InChI is InChI=1S/C14H18NO/c1-15-11-7-8-12(15)14(13(16)9-11)10-5-3-2-4-6-10/h2-6,11-12,14,16H,7-9H2,1H3/t11-,12+,14?/m1/s1. The van der Waals surface area contributed by atoms with E-state index < -0.39 is 0 Å². The zero-order valence-electron chi connectivity index (χ0n) is 9.63. The van der Waals surface area contributed by atoms with E-state index in [1.165, 1.54) is 18.4 Å². The van der Waals surface area contributed by atoms with Crippen LogP contribution in [0.2, 0.25) is 0 Å². The normalized spacial score (nSPS) is 35.5. The van der Waals surface area contributed by atoms with Gasteiger partial charge in [-0.2, -0.15) is 0 Å². The molecule has 2 saturated heterocycles. The van der Waals surface area contributed by atoms with E-state index >= 15 is 0 Å². The predicted molar refractivity (Wildman–Crippen MR) is 63.6 cm³/mol. The van der Waals surface area contributed by atoms with E-state index in [0.29, 0.717) is 18.2 Å². The molecular weight excluding hydrogens is 198 g/mol. The Hall–Kier alpha value is -0.860. The van der Waals surface area contributed by atoms with Crippen LogP contribution in [-0.4, -0.2) is 29.1 Å². The van der Waals surface area contributed by atoms with Crippen LogP contribution in [0.3, 0.4) is 0 Å². The molecule has 1 N–H and O–H groups in total. The highest BCUT2D eigenvalue weighted by atomic mass is 16.3. The van der Waals surface area contributed by atoms with Gasteiger partial charge in [-0.05, 0) is 31.9 Å². The smallest absolute Gasteiger partial charge is 0.104 e. The number of aliphatic hydroxyl groups excluding tert-OH is 1. The van der Waals surface area contributed by atoms with E-state index in [1.807, 2.05) is 6.07 Å². The van der Waals surface area contributed by atoms with E-state index in [-0.39, 0.29) is 5.92 Å². The highest BCUT2D eigenvalue weighted by Crippen LogP contribution is 2.46. The summed E-state index contributed by atoms with van der Waals surface area (Å²) in [6.07, 6.45) is 3.99.